The van der Waals surface area contributed by atoms with E-state index in [-0.39, 0.29) is 5.91 Å². The van der Waals surface area contributed by atoms with Gasteiger partial charge in [-0.05, 0) is 6.42 Å². The van der Waals surface area contributed by atoms with E-state index in [1.165, 1.54) is 12.4 Å². The summed E-state index contributed by atoms with van der Waals surface area (Å²) in [7, 11) is 0. The van der Waals surface area contributed by atoms with Gasteiger partial charge >= 0.3 is 0 Å². The Morgan fingerprint density at radius 2 is 2.29 bits per heavy atom. The van der Waals surface area contributed by atoms with Gasteiger partial charge in [-0.3, -0.25) is 9.78 Å². The molecule has 4 heteroatoms. The normalized spacial score (nSPS) is 15.6. The monoisotopic (exact) mass is 189 g/mol. The summed E-state index contributed by atoms with van der Waals surface area (Å²) < 4.78 is 0. The van der Waals surface area contributed by atoms with E-state index in [9.17, 15) is 4.79 Å². The van der Waals surface area contributed by atoms with E-state index in [2.05, 4.69) is 16.0 Å². The average molecular weight is 189 g/mol. The molecular weight excluding hydrogens is 178 g/mol. The Morgan fingerprint density at radius 1 is 1.36 bits per heavy atom. The van der Waals surface area contributed by atoms with Gasteiger partial charge in [0.25, 0.3) is 5.91 Å². The summed E-state index contributed by atoms with van der Waals surface area (Å²) in [6, 6.07) is 0. The fraction of sp³-hybridized carbons (Fsp3) is 0.300. The SMILES string of the molecule is O=C(c1cnccn1)N1CC=CCC1. The highest BCUT2D eigenvalue weighted by molar-refractivity contribution is 5.92. The summed E-state index contributed by atoms with van der Waals surface area (Å²) in [4.78, 5) is 21.4. The molecule has 0 spiro atoms. The lowest BCUT2D eigenvalue weighted by atomic mass is 10.2. The summed E-state index contributed by atoms with van der Waals surface area (Å²) in [6.07, 6.45) is 9.60. The molecule has 0 bridgehead atoms. The summed E-state index contributed by atoms with van der Waals surface area (Å²) >= 11 is 0. The zero-order valence-electron chi connectivity index (χ0n) is 7.76. The van der Waals surface area contributed by atoms with Gasteiger partial charge in [-0.15, -0.1) is 0 Å². The van der Waals surface area contributed by atoms with Crippen LogP contribution in [0, 0.1) is 0 Å². The summed E-state index contributed by atoms with van der Waals surface area (Å²) in [5.74, 6) is -0.0394. The minimum Gasteiger partial charge on any atom is -0.333 e. The number of hydrogen-bond donors (Lipinski definition) is 0. The molecule has 0 saturated heterocycles. The molecule has 4 nitrogen and oxygen atoms in total. The van der Waals surface area contributed by atoms with E-state index in [1.807, 2.05) is 6.08 Å². The molecule has 0 saturated carbocycles. The van der Waals surface area contributed by atoms with Crippen LogP contribution in [0.1, 0.15) is 16.9 Å². The molecule has 2 heterocycles. The van der Waals surface area contributed by atoms with Gasteiger partial charge in [0.1, 0.15) is 5.69 Å². The van der Waals surface area contributed by atoms with Crippen molar-refractivity contribution in [1.29, 1.82) is 0 Å². The molecule has 1 aromatic heterocycles. The number of aromatic nitrogens is 2. The van der Waals surface area contributed by atoms with Gasteiger partial charge in [-0.2, -0.15) is 0 Å². The van der Waals surface area contributed by atoms with Crippen LogP contribution in [0.25, 0.3) is 0 Å². The number of nitrogens with zero attached hydrogens (tertiary/aromatic N) is 3. The zero-order chi connectivity index (χ0) is 9.80. The molecule has 0 fully saturated rings. The lowest BCUT2D eigenvalue weighted by molar-refractivity contribution is 0.0764. The fourth-order valence-electron chi connectivity index (χ4n) is 1.40. The maximum Gasteiger partial charge on any atom is 0.274 e. The zero-order valence-corrected chi connectivity index (χ0v) is 7.76. The number of carbonyl (C=O) groups excluding carboxylic acids is 1. The van der Waals surface area contributed by atoms with Crippen LogP contribution in [0.4, 0.5) is 0 Å². The predicted octanol–water partition coefficient (Wildman–Crippen LogP) is 0.879. The van der Waals surface area contributed by atoms with Crippen molar-refractivity contribution in [3.05, 3.63) is 36.4 Å². The van der Waals surface area contributed by atoms with Crippen LogP contribution in [0.2, 0.25) is 0 Å². The fourth-order valence-corrected chi connectivity index (χ4v) is 1.40. The van der Waals surface area contributed by atoms with E-state index in [1.54, 1.807) is 11.1 Å². The van der Waals surface area contributed by atoms with Crippen LogP contribution in [0.3, 0.4) is 0 Å². The molecule has 0 aliphatic carbocycles. The number of amides is 1. The Bertz CT molecular complexity index is 348. The molecule has 1 aromatic rings. The maximum atomic E-state index is 11.8. The molecule has 1 amide bonds. The summed E-state index contributed by atoms with van der Waals surface area (Å²) in [5, 5.41) is 0. The van der Waals surface area contributed by atoms with Crippen molar-refractivity contribution < 1.29 is 4.79 Å². The molecule has 0 radical (unpaired) electrons. The molecular formula is C10H11N3O. The predicted molar refractivity (Wildman–Crippen MR) is 51.7 cm³/mol. The molecule has 0 unspecified atom stereocenters. The first-order valence-corrected chi connectivity index (χ1v) is 4.58. The van der Waals surface area contributed by atoms with Gasteiger partial charge in [0.15, 0.2) is 0 Å². The third-order valence-electron chi connectivity index (χ3n) is 2.13. The molecule has 2 rings (SSSR count). The van der Waals surface area contributed by atoms with Crippen molar-refractivity contribution >= 4 is 5.91 Å². The molecule has 1 aliphatic heterocycles. The first-order chi connectivity index (χ1) is 6.88. The van der Waals surface area contributed by atoms with Gasteiger partial charge in [-0.25, -0.2) is 4.98 Å². The lowest BCUT2D eigenvalue weighted by Gasteiger charge is -2.22. The topological polar surface area (TPSA) is 46.1 Å². The van der Waals surface area contributed by atoms with E-state index < -0.39 is 0 Å². The van der Waals surface area contributed by atoms with Gasteiger partial charge in [0, 0.05) is 25.5 Å². The van der Waals surface area contributed by atoms with Crippen LogP contribution < -0.4 is 0 Å². The summed E-state index contributed by atoms with van der Waals surface area (Å²) in [6.45, 7) is 1.45. The van der Waals surface area contributed by atoms with Crippen LogP contribution in [-0.2, 0) is 0 Å². The smallest absolute Gasteiger partial charge is 0.274 e. The Balaban J connectivity index is 2.12. The second-order valence-electron chi connectivity index (χ2n) is 3.10. The third kappa shape index (κ3) is 1.79. The van der Waals surface area contributed by atoms with Crippen molar-refractivity contribution in [2.75, 3.05) is 13.1 Å². The number of carbonyl (C=O) groups is 1. The third-order valence-corrected chi connectivity index (χ3v) is 2.13. The Morgan fingerprint density at radius 3 is 2.93 bits per heavy atom. The van der Waals surface area contributed by atoms with E-state index >= 15 is 0 Å². The van der Waals surface area contributed by atoms with Crippen molar-refractivity contribution in [3.8, 4) is 0 Å². The first-order valence-electron chi connectivity index (χ1n) is 4.58. The second kappa shape index (κ2) is 4.00. The van der Waals surface area contributed by atoms with Gasteiger partial charge < -0.3 is 4.90 Å². The van der Waals surface area contributed by atoms with Gasteiger partial charge in [-0.1, -0.05) is 12.2 Å². The van der Waals surface area contributed by atoms with Gasteiger partial charge in [0.2, 0.25) is 0 Å². The highest BCUT2D eigenvalue weighted by Gasteiger charge is 2.16. The number of rotatable bonds is 1. The molecule has 0 N–H and O–H groups in total. The highest BCUT2D eigenvalue weighted by Crippen LogP contribution is 2.05. The summed E-state index contributed by atoms with van der Waals surface area (Å²) in [5.41, 5.74) is 0.419. The van der Waals surface area contributed by atoms with Crippen molar-refractivity contribution in [2.24, 2.45) is 0 Å². The minimum absolute atomic E-state index is 0.0394. The van der Waals surface area contributed by atoms with Crippen molar-refractivity contribution in [1.82, 2.24) is 14.9 Å². The quantitative estimate of drug-likeness (QED) is 0.616. The first kappa shape index (κ1) is 8.87. The highest BCUT2D eigenvalue weighted by atomic mass is 16.2. The Kier molecular flexibility index (Phi) is 2.53. The van der Waals surface area contributed by atoms with Crippen LogP contribution in [0.5, 0.6) is 0 Å². The largest absolute Gasteiger partial charge is 0.333 e. The van der Waals surface area contributed by atoms with Crippen LogP contribution in [-0.4, -0.2) is 33.9 Å². The molecule has 72 valence electrons. The van der Waals surface area contributed by atoms with Crippen LogP contribution in [0.15, 0.2) is 30.7 Å². The molecule has 0 atom stereocenters. The molecule has 14 heavy (non-hydrogen) atoms. The van der Waals surface area contributed by atoms with E-state index in [0.29, 0.717) is 12.2 Å². The molecule has 0 aromatic carbocycles. The molecule has 1 aliphatic rings. The average Bonchev–Trinajstić information content (AvgIpc) is 2.30. The van der Waals surface area contributed by atoms with Gasteiger partial charge in [0.05, 0.1) is 6.20 Å². The number of hydrogen-bond acceptors (Lipinski definition) is 3. The minimum atomic E-state index is -0.0394. The Labute approximate surface area is 82.3 Å². The van der Waals surface area contributed by atoms with E-state index in [0.717, 1.165) is 13.0 Å². The van der Waals surface area contributed by atoms with Crippen molar-refractivity contribution in [3.63, 3.8) is 0 Å². The lowest BCUT2D eigenvalue weighted by Crippen LogP contribution is -2.34. The van der Waals surface area contributed by atoms with E-state index in [4.69, 9.17) is 0 Å². The standard InChI is InChI=1S/C10H11N3O/c14-10(9-8-11-4-5-12-9)13-6-2-1-3-7-13/h1-2,4-5,8H,3,6-7H2. The Hall–Kier alpha value is -1.71. The van der Waals surface area contributed by atoms with Crippen molar-refractivity contribution in [2.45, 2.75) is 6.42 Å². The maximum absolute atomic E-state index is 11.8. The second-order valence-corrected chi connectivity index (χ2v) is 3.10. The van der Waals surface area contributed by atoms with Crippen LogP contribution >= 0.6 is 0 Å².